The van der Waals surface area contributed by atoms with Gasteiger partial charge in [0, 0.05) is 0 Å². The molecule has 2 unspecified atom stereocenters. The Morgan fingerprint density at radius 2 is 1.19 bits per heavy atom. The fourth-order valence-corrected chi connectivity index (χ4v) is 8.13. The molecule has 0 N–H and O–H groups in total. The molecule has 0 aliphatic heterocycles. The maximum absolute atomic E-state index is 6.39. The summed E-state index contributed by atoms with van der Waals surface area (Å²) in [5.41, 5.74) is 0. The second-order valence-electron chi connectivity index (χ2n) is 13.5. The lowest BCUT2D eigenvalue weighted by Crippen LogP contribution is -2.26. The summed E-state index contributed by atoms with van der Waals surface area (Å²) in [5.74, 6) is 6.37. The van der Waals surface area contributed by atoms with Crippen molar-refractivity contribution in [2.45, 2.75) is 148 Å². The van der Waals surface area contributed by atoms with Crippen LogP contribution in [-0.4, -0.2) is 12.7 Å². The van der Waals surface area contributed by atoms with Gasteiger partial charge in [0.05, 0.1) is 12.7 Å². The molecule has 0 aromatic carbocycles. The quantitative estimate of drug-likeness (QED) is 0.193. The molecule has 0 amide bonds. The van der Waals surface area contributed by atoms with E-state index < -0.39 is 0 Å². The van der Waals surface area contributed by atoms with Crippen LogP contribution in [-0.2, 0) is 4.74 Å². The first-order valence-corrected chi connectivity index (χ1v) is 16.7. The lowest BCUT2D eigenvalue weighted by atomic mass is 9.72. The third-order valence-electron chi connectivity index (χ3n) is 10.8. The predicted molar refractivity (Wildman–Crippen MR) is 156 cm³/mol. The fourth-order valence-electron chi connectivity index (χ4n) is 8.13. The zero-order valence-electron chi connectivity index (χ0n) is 24.2. The number of rotatable bonds is 12. The van der Waals surface area contributed by atoms with E-state index in [1.807, 2.05) is 0 Å². The van der Waals surface area contributed by atoms with Crippen molar-refractivity contribution in [3.05, 3.63) is 24.3 Å². The molecular weight excluding hydrogens is 436 g/mol. The summed E-state index contributed by atoms with van der Waals surface area (Å²) in [4.78, 5) is 0. The predicted octanol–water partition coefficient (Wildman–Crippen LogP) is 10.7. The third kappa shape index (κ3) is 9.32. The van der Waals surface area contributed by atoms with Gasteiger partial charge in [-0.2, -0.15) is 0 Å². The molecular formula is C35H60O. The highest BCUT2D eigenvalue weighted by atomic mass is 16.5. The first kappa shape index (κ1) is 28.4. The van der Waals surface area contributed by atoms with E-state index in [1.54, 1.807) is 0 Å². The number of ether oxygens (including phenoxy) is 1. The highest BCUT2D eigenvalue weighted by Gasteiger charge is 2.29. The smallest absolute Gasteiger partial charge is 0.0756 e. The highest BCUT2D eigenvalue weighted by Crippen LogP contribution is 2.40. The van der Waals surface area contributed by atoms with Gasteiger partial charge in [0.25, 0.3) is 0 Å². The topological polar surface area (TPSA) is 9.23 Å². The summed E-state index contributed by atoms with van der Waals surface area (Å²) in [6.45, 7) is 5.67. The van der Waals surface area contributed by atoms with E-state index in [0.717, 1.165) is 48.0 Å². The Hall–Kier alpha value is -0.560. The molecule has 4 rings (SSSR count). The van der Waals surface area contributed by atoms with Gasteiger partial charge in [-0.3, -0.25) is 0 Å². The van der Waals surface area contributed by atoms with Gasteiger partial charge in [-0.1, -0.05) is 89.5 Å². The van der Waals surface area contributed by atoms with Crippen LogP contribution in [0.25, 0.3) is 0 Å². The summed E-state index contributed by atoms with van der Waals surface area (Å²) in [6.07, 6.45) is 39.2. The zero-order chi connectivity index (χ0) is 25.0. The van der Waals surface area contributed by atoms with Crippen molar-refractivity contribution in [3.63, 3.8) is 0 Å². The van der Waals surface area contributed by atoms with Crippen LogP contribution in [0, 0.1) is 41.4 Å². The van der Waals surface area contributed by atoms with Gasteiger partial charge < -0.3 is 4.74 Å². The van der Waals surface area contributed by atoms with Crippen molar-refractivity contribution in [2.24, 2.45) is 41.4 Å². The van der Waals surface area contributed by atoms with Gasteiger partial charge in [0.15, 0.2) is 0 Å². The van der Waals surface area contributed by atoms with Crippen LogP contribution in [0.4, 0.5) is 0 Å². The molecule has 36 heavy (non-hydrogen) atoms. The average molecular weight is 497 g/mol. The van der Waals surface area contributed by atoms with Gasteiger partial charge in [-0.25, -0.2) is 0 Å². The Morgan fingerprint density at radius 3 is 1.81 bits per heavy atom. The number of unbranched alkanes of at least 4 members (excludes halogenated alkanes) is 2. The molecule has 1 nitrogen and oxygen atoms in total. The van der Waals surface area contributed by atoms with E-state index in [2.05, 4.69) is 38.2 Å². The molecule has 0 heterocycles. The Kier molecular flexibility index (Phi) is 12.5. The van der Waals surface area contributed by atoms with E-state index >= 15 is 0 Å². The lowest BCUT2D eigenvalue weighted by Gasteiger charge is -2.35. The summed E-state index contributed by atoms with van der Waals surface area (Å²) in [5, 5.41) is 0. The highest BCUT2D eigenvalue weighted by molar-refractivity contribution is 5.03. The van der Waals surface area contributed by atoms with E-state index in [9.17, 15) is 0 Å². The molecule has 0 radical (unpaired) electrons. The SMILES string of the molecule is CCCCCC1CCC(C=CC2CCC(C3C=CC(OCC4CCC(CCC)CC4)CC3)CC2)CC1. The van der Waals surface area contributed by atoms with Crippen molar-refractivity contribution in [3.8, 4) is 0 Å². The fraction of sp³-hybridized carbons (Fsp3) is 0.886. The van der Waals surface area contributed by atoms with Crippen LogP contribution >= 0.6 is 0 Å². The van der Waals surface area contributed by atoms with Crippen LogP contribution in [0.2, 0.25) is 0 Å². The summed E-state index contributed by atoms with van der Waals surface area (Å²) < 4.78 is 6.39. The largest absolute Gasteiger partial charge is 0.374 e. The summed E-state index contributed by atoms with van der Waals surface area (Å²) in [7, 11) is 0. The molecule has 4 aliphatic carbocycles. The van der Waals surface area contributed by atoms with Crippen molar-refractivity contribution in [2.75, 3.05) is 6.61 Å². The molecule has 0 aromatic heterocycles. The van der Waals surface area contributed by atoms with Gasteiger partial charge in [0.1, 0.15) is 0 Å². The van der Waals surface area contributed by atoms with Crippen molar-refractivity contribution >= 4 is 0 Å². The summed E-state index contributed by atoms with van der Waals surface area (Å²) >= 11 is 0. The molecule has 206 valence electrons. The molecule has 1 heteroatoms. The Balaban J connectivity index is 1.08. The minimum atomic E-state index is 0.399. The summed E-state index contributed by atoms with van der Waals surface area (Å²) in [6, 6.07) is 0. The monoisotopic (exact) mass is 496 g/mol. The Bertz CT molecular complexity index is 625. The van der Waals surface area contributed by atoms with Crippen LogP contribution < -0.4 is 0 Å². The first-order chi connectivity index (χ1) is 17.7. The van der Waals surface area contributed by atoms with E-state index in [-0.39, 0.29) is 0 Å². The van der Waals surface area contributed by atoms with Crippen LogP contribution in [0.5, 0.6) is 0 Å². The van der Waals surface area contributed by atoms with E-state index in [0.29, 0.717) is 6.10 Å². The average Bonchev–Trinajstić information content (AvgIpc) is 2.93. The van der Waals surface area contributed by atoms with Crippen LogP contribution in [0.3, 0.4) is 0 Å². The molecule has 0 bridgehead atoms. The molecule has 3 fully saturated rings. The van der Waals surface area contributed by atoms with Crippen molar-refractivity contribution in [1.82, 2.24) is 0 Å². The number of hydrogen-bond acceptors (Lipinski definition) is 1. The lowest BCUT2D eigenvalue weighted by molar-refractivity contribution is 0.0289. The van der Waals surface area contributed by atoms with Crippen LogP contribution in [0.1, 0.15) is 142 Å². The van der Waals surface area contributed by atoms with Gasteiger partial charge in [0.2, 0.25) is 0 Å². The molecule has 4 aliphatic rings. The molecule has 2 atom stereocenters. The number of allylic oxidation sites excluding steroid dienone is 3. The van der Waals surface area contributed by atoms with Gasteiger partial charge >= 0.3 is 0 Å². The van der Waals surface area contributed by atoms with E-state index in [4.69, 9.17) is 4.74 Å². The molecule has 0 spiro atoms. The molecule has 0 aromatic rings. The Morgan fingerprint density at radius 1 is 0.583 bits per heavy atom. The zero-order valence-corrected chi connectivity index (χ0v) is 24.2. The van der Waals surface area contributed by atoms with Gasteiger partial charge in [-0.05, 0) is 118 Å². The number of hydrogen-bond donors (Lipinski definition) is 0. The minimum absolute atomic E-state index is 0.399. The van der Waals surface area contributed by atoms with Gasteiger partial charge in [-0.15, -0.1) is 0 Å². The van der Waals surface area contributed by atoms with Crippen molar-refractivity contribution in [1.29, 1.82) is 0 Å². The molecule has 3 saturated carbocycles. The minimum Gasteiger partial charge on any atom is -0.374 e. The standard InChI is InChI=1S/C35H60O/c1-3-5-6-8-29-9-11-30(12-10-29)13-14-31-19-21-33(22-20-31)34-23-25-35(26-24-34)36-27-32-17-15-28(7-4-2)16-18-32/h13-14,23,25,28-35H,3-12,15-22,24,26-27H2,1-2H3. The normalized spacial score (nSPS) is 37.9. The first-order valence-electron chi connectivity index (χ1n) is 16.7. The molecule has 0 saturated heterocycles. The van der Waals surface area contributed by atoms with Crippen molar-refractivity contribution < 1.29 is 4.74 Å². The Labute approximate surface area is 225 Å². The maximum atomic E-state index is 6.39. The maximum Gasteiger partial charge on any atom is 0.0756 e. The van der Waals surface area contributed by atoms with Crippen LogP contribution in [0.15, 0.2) is 24.3 Å². The van der Waals surface area contributed by atoms with E-state index in [1.165, 1.54) is 128 Å². The third-order valence-corrected chi connectivity index (χ3v) is 10.8. The second-order valence-corrected chi connectivity index (χ2v) is 13.5. The second kappa shape index (κ2) is 15.8.